The summed E-state index contributed by atoms with van der Waals surface area (Å²) in [5.74, 6) is -0.245. The van der Waals surface area contributed by atoms with Crippen LogP contribution in [0, 0.1) is 0 Å². The molecular weight excluding hydrogens is 320 g/mol. The molecule has 2 aromatic rings. The smallest absolute Gasteiger partial charge is 0.252 e. The molecule has 1 heterocycles. The third-order valence-corrected chi connectivity index (χ3v) is 3.21. The number of benzene rings is 1. The third-order valence-electron chi connectivity index (χ3n) is 2.78. The van der Waals surface area contributed by atoms with E-state index in [0.29, 0.717) is 12.0 Å². The molecule has 0 aliphatic carbocycles. The zero-order chi connectivity index (χ0) is 14.4. The highest BCUT2D eigenvalue weighted by molar-refractivity contribution is 9.10. The van der Waals surface area contributed by atoms with Crippen LogP contribution < -0.4 is 5.32 Å². The summed E-state index contributed by atoms with van der Waals surface area (Å²) >= 11 is 3.26. The summed E-state index contributed by atoms with van der Waals surface area (Å²) in [7, 11) is 0. The molecule has 5 heteroatoms. The Kier molecular flexibility index (Phi) is 5.26. The monoisotopic (exact) mass is 334 g/mol. The number of nitrogens with one attached hydrogen (secondary N) is 1. The number of aliphatic hydroxyl groups is 1. The molecule has 0 saturated heterocycles. The Morgan fingerprint density at radius 3 is 2.75 bits per heavy atom. The standard InChI is InChI=1S/C15H15BrN2O2/c16-13-7-12(8-17-9-13)15(20)18-10-14(19)6-11-4-2-1-3-5-11/h1-5,7-9,14,19H,6,10H2,(H,18,20). The maximum absolute atomic E-state index is 11.9. The van der Waals surface area contributed by atoms with Crippen LogP contribution in [0.25, 0.3) is 0 Å². The van der Waals surface area contributed by atoms with E-state index in [-0.39, 0.29) is 12.5 Å². The summed E-state index contributed by atoms with van der Waals surface area (Å²) in [6, 6.07) is 11.4. The fraction of sp³-hybridized carbons (Fsp3) is 0.200. The van der Waals surface area contributed by atoms with Crippen molar-refractivity contribution in [1.29, 1.82) is 0 Å². The summed E-state index contributed by atoms with van der Waals surface area (Å²) in [5.41, 5.74) is 1.50. The van der Waals surface area contributed by atoms with Crippen molar-refractivity contribution in [3.05, 3.63) is 64.4 Å². The molecule has 2 N–H and O–H groups in total. The first kappa shape index (κ1) is 14.7. The van der Waals surface area contributed by atoms with E-state index in [1.54, 1.807) is 12.3 Å². The molecule has 0 aliphatic rings. The Labute approximate surface area is 126 Å². The van der Waals surface area contributed by atoms with E-state index < -0.39 is 6.10 Å². The zero-order valence-electron chi connectivity index (χ0n) is 10.8. The number of aliphatic hydroxyl groups excluding tert-OH is 1. The van der Waals surface area contributed by atoms with Gasteiger partial charge >= 0.3 is 0 Å². The predicted octanol–water partition coefficient (Wildman–Crippen LogP) is 2.18. The fourth-order valence-electron chi connectivity index (χ4n) is 1.81. The van der Waals surface area contributed by atoms with Crippen molar-refractivity contribution in [3.8, 4) is 0 Å². The SMILES string of the molecule is O=C(NCC(O)Cc1ccccc1)c1cncc(Br)c1. The second-order valence-electron chi connectivity index (χ2n) is 4.45. The number of amides is 1. The molecule has 104 valence electrons. The maximum Gasteiger partial charge on any atom is 0.252 e. The largest absolute Gasteiger partial charge is 0.391 e. The Hall–Kier alpha value is -1.72. The number of hydrogen-bond acceptors (Lipinski definition) is 3. The molecule has 0 saturated carbocycles. The van der Waals surface area contributed by atoms with E-state index in [2.05, 4.69) is 26.2 Å². The van der Waals surface area contributed by atoms with Gasteiger partial charge in [-0.15, -0.1) is 0 Å². The summed E-state index contributed by atoms with van der Waals surface area (Å²) in [5, 5.41) is 12.6. The molecule has 0 bridgehead atoms. The number of pyridine rings is 1. The van der Waals surface area contributed by atoms with Gasteiger partial charge in [0.25, 0.3) is 5.91 Å². The highest BCUT2D eigenvalue weighted by Crippen LogP contribution is 2.09. The van der Waals surface area contributed by atoms with Gasteiger partial charge in [-0.3, -0.25) is 9.78 Å². The van der Waals surface area contributed by atoms with Crippen molar-refractivity contribution in [2.45, 2.75) is 12.5 Å². The average Bonchev–Trinajstić information content (AvgIpc) is 2.46. The van der Waals surface area contributed by atoms with Gasteiger partial charge in [0.15, 0.2) is 0 Å². The third kappa shape index (κ3) is 4.43. The van der Waals surface area contributed by atoms with E-state index in [0.717, 1.165) is 10.0 Å². The van der Waals surface area contributed by atoms with E-state index in [1.807, 2.05) is 30.3 Å². The molecule has 1 aromatic heterocycles. The van der Waals surface area contributed by atoms with Gasteiger partial charge in [-0.05, 0) is 27.6 Å². The second kappa shape index (κ2) is 7.17. The minimum atomic E-state index is -0.610. The Balaban J connectivity index is 1.84. The van der Waals surface area contributed by atoms with Gasteiger partial charge in [-0.2, -0.15) is 0 Å². The number of halogens is 1. The van der Waals surface area contributed by atoms with Crippen LogP contribution in [0.2, 0.25) is 0 Å². The van der Waals surface area contributed by atoms with Gasteiger partial charge in [0.2, 0.25) is 0 Å². The first-order valence-electron chi connectivity index (χ1n) is 6.26. The molecule has 1 aromatic carbocycles. The predicted molar refractivity (Wildman–Crippen MR) is 80.4 cm³/mol. The molecule has 20 heavy (non-hydrogen) atoms. The number of carbonyl (C=O) groups is 1. The van der Waals surface area contributed by atoms with Crippen molar-refractivity contribution in [1.82, 2.24) is 10.3 Å². The number of carbonyl (C=O) groups excluding carboxylic acids is 1. The molecule has 1 unspecified atom stereocenters. The van der Waals surface area contributed by atoms with Gasteiger partial charge in [0.1, 0.15) is 0 Å². The molecule has 1 amide bonds. The van der Waals surface area contributed by atoms with Crippen molar-refractivity contribution < 1.29 is 9.90 Å². The van der Waals surface area contributed by atoms with Crippen LogP contribution in [-0.2, 0) is 6.42 Å². The Morgan fingerprint density at radius 2 is 2.05 bits per heavy atom. The van der Waals surface area contributed by atoms with Gasteiger partial charge < -0.3 is 10.4 Å². The lowest BCUT2D eigenvalue weighted by Gasteiger charge is -2.12. The van der Waals surface area contributed by atoms with E-state index >= 15 is 0 Å². The Bertz CT molecular complexity index is 575. The van der Waals surface area contributed by atoms with Crippen LogP contribution in [0.5, 0.6) is 0 Å². The lowest BCUT2D eigenvalue weighted by molar-refractivity contribution is 0.0915. The fourth-order valence-corrected chi connectivity index (χ4v) is 2.17. The molecule has 0 spiro atoms. The van der Waals surface area contributed by atoms with Crippen molar-refractivity contribution in [2.24, 2.45) is 0 Å². The highest BCUT2D eigenvalue weighted by atomic mass is 79.9. The summed E-state index contributed by atoms with van der Waals surface area (Å²) < 4.78 is 0.745. The van der Waals surface area contributed by atoms with Crippen molar-refractivity contribution >= 4 is 21.8 Å². The normalized spacial score (nSPS) is 11.9. The van der Waals surface area contributed by atoms with Gasteiger partial charge in [0, 0.05) is 29.8 Å². The maximum atomic E-state index is 11.9. The number of nitrogens with zero attached hydrogens (tertiary/aromatic N) is 1. The van der Waals surface area contributed by atoms with Crippen LogP contribution in [0.1, 0.15) is 15.9 Å². The van der Waals surface area contributed by atoms with Crippen molar-refractivity contribution in [2.75, 3.05) is 6.54 Å². The average molecular weight is 335 g/mol. The summed E-state index contributed by atoms with van der Waals surface area (Å²) in [6.07, 6.45) is 3.00. The first-order valence-corrected chi connectivity index (χ1v) is 7.05. The minimum Gasteiger partial charge on any atom is -0.391 e. The summed E-state index contributed by atoms with van der Waals surface area (Å²) in [4.78, 5) is 15.8. The Morgan fingerprint density at radius 1 is 1.30 bits per heavy atom. The molecule has 1 atom stereocenters. The number of aromatic nitrogens is 1. The van der Waals surface area contributed by atoms with Crippen LogP contribution >= 0.6 is 15.9 Å². The molecular formula is C15H15BrN2O2. The summed E-state index contributed by atoms with van der Waals surface area (Å²) in [6.45, 7) is 0.209. The molecule has 0 aliphatic heterocycles. The zero-order valence-corrected chi connectivity index (χ0v) is 12.4. The van der Waals surface area contributed by atoms with E-state index in [1.165, 1.54) is 6.20 Å². The number of hydrogen-bond donors (Lipinski definition) is 2. The van der Waals surface area contributed by atoms with Gasteiger partial charge in [0.05, 0.1) is 11.7 Å². The van der Waals surface area contributed by atoms with Crippen LogP contribution in [0.3, 0.4) is 0 Å². The van der Waals surface area contributed by atoms with E-state index in [9.17, 15) is 9.90 Å². The highest BCUT2D eigenvalue weighted by Gasteiger charge is 2.10. The van der Waals surface area contributed by atoms with Gasteiger partial charge in [-0.1, -0.05) is 30.3 Å². The van der Waals surface area contributed by atoms with E-state index in [4.69, 9.17) is 0 Å². The first-order chi connectivity index (χ1) is 9.65. The quantitative estimate of drug-likeness (QED) is 0.880. The lowest BCUT2D eigenvalue weighted by atomic mass is 10.1. The van der Waals surface area contributed by atoms with Crippen molar-refractivity contribution in [3.63, 3.8) is 0 Å². The van der Waals surface area contributed by atoms with Crippen LogP contribution in [-0.4, -0.2) is 28.6 Å². The van der Waals surface area contributed by atoms with Crippen LogP contribution in [0.4, 0.5) is 0 Å². The molecule has 4 nitrogen and oxygen atoms in total. The molecule has 2 rings (SSSR count). The molecule has 0 radical (unpaired) electrons. The van der Waals surface area contributed by atoms with Crippen LogP contribution in [0.15, 0.2) is 53.3 Å². The minimum absolute atomic E-state index is 0.209. The molecule has 0 fully saturated rings. The van der Waals surface area contributed by atoms with Gasteiger partial charge in [-0.25, -0.2) is 0 Å². The lowest BCUT2D eigenvalue weighted by Crippen LogP contribution is -2.33. The number of rotatable bonds is 5. The topological polar surface area (TPSA) is 62.2 Å². The second-order valence-corrected chi connectivity index (χ2v) is 5.36.